The third kappa shape index (κ3) is 3.09. The van der Waals surface area contributed by atoms with E-state index < -0.39 is 0 Å². The topological polar surface area (TPSA) is 45.2 Å². The Balaban J connectivity index is 1.32. The van der Waals surface area contributed by atoms with Gasteiger partial charge in [-0.2, -0.15) is 0 Å². The molecule has 1 unspecified atom stereocenters. The van der Waals surface area contributed by atoms with Gasteiger partial charge in [-0.05, 0) is 36.5 Å². The fourth-order valence-corrected chi connectivity index (χ4v) is 4.47. The second-order valence-corrected chi connectivity index (χ2v) is 8.47. The molecule has 0 radical (unpaired) electrons. The maximum atomic E-state index is 4.83. The van der Waals surface area contributed by atoms with E-state index in [1.165, 1.54) is 11.8 Å². The van der Waals surface area contributed by atoms with Crippen LogP contribution in [0.15, 0.2) is 48.8 Å². The predicted octanol–water partition coefficient (Wildman–Crippen LogP) is 4.11. The van der Waals surface area contributed by atoms with Crippen molar-refractivity contribution in [3.05, 3.63) is 54.5 Å². The van der Waals surface area contributed by atoms with Crippen molar-refractivity contribution in [1.82, 2.24) is 15.0 Å². The summed E-state index contributed by atoms with van der Waals surface area (Å²) in [7, 11) is 0. The van der Waals surface area contributed by atoms with Gasteiger partial charge in [-0.1, -0.05) is 32.0 Å². The minimum absolute atomic E-state index is 0.426. The standard InChI is InChI=1S/C23H27N5/c1-16(2)18-9-12-27(13-18)23-22(24-10-11-25-23)19-14-28(15-19)21-8-7-17-5-3-4-6-20(17)26-21/h3-8,10-11,16,18-19H,9,12-15H2,1-2H3. The number of rotatable bonds is 4. The second-order valence-electron chi connectivity index (χ2n) is 8.47. The van der Waals surface area contributed by atoms with Gasteiger partial charge in [0.2, 0.25) is 0 Å². The lowest BCUT2D eigenvalue weighted by Gasteiger charge is -2.40. The second kappa shape index (κ2) is 7.04. The van der Waals surface area contributed by atoms with Crippen LogP contribution in [0.3, 0.4) is 0 Å². The van der Waals surface area contributed by atoms with Crippen LogP contribution in [0.25, 0.3) is 10.9 Å². The Morgan fingerprint density at radius 3 is 2.57 bits per heavy atom. The molecule has 4 heterocycles. The average Bonchev–Trinajstić information content (AvgIpc) is 3.18. The number of anilines is 2. The maximum Gasteiger partial charge on any atom is 0.150 e. The number of benzene rings is 1. The zero-order valence-electron chi connectivity index (χ0n) is 16.6. The first-order chi connectivity index (χ1) is 13.7. The molecule has 0 N–H and O–H groups in total. The molecule has 5 nitrogen and oxygen atoms in total. The summed E-state index contributed by atoms with van der Waals surface area (Å²) in [5.41, 5.74) is 2.21. The number of aromatic nitrogens is 3. The van der Waals surface area contributed by atoms with E-state index in [9.17, 15) is 0 Å². The summed E-state index contributed by atoms with van der Waals surface area (Å²) in [6.45, 7) is 8.76. The van der Waals surface area contributed by atoms with Crippen molar-refractivity contribution in [3.63, 3.8) is 0 Å². The SMILES string of the molecule is CC(C)C1CCN(c2nccnc2C2CN(c3ccc4ccccc4n3)C2)C1. The molecule has 0 saturated carbocycles. The highest BCUT2D eigenvalue weighted by Gasteiger charge is 2.35. The van der Waals surface area contributed by atoms with Gasteiger partial charge in [0.05, 0.1) is 11.2 Å². The average molecular weight is 374 g/mol. The molecule has 1 atom stereocenters. The first kappa shape index (κ1) is 17.4. The van der Waals surface area contributed by atoms with E-state index in [4.69, 9.17) is 15.0 Å². The minimum Gasteiger partial charge on any atom is -0.355 e. The van der Waals surface area contributed by atoms with Gasteiger partial charge in [-0.15, -0.1) is 0 Å². The molecular weight excluding hydrogens is 346 g/mol. The number of para-hydroxylation sites is 1. The molecule has 144 valence electrons. The number of pyridine rings is 1. The van der Waals surface area contributed by atoms with Gasteiger partial charge in [0.1, 0.15) is 5.82 Å². The summed E-state index contributed by atoms with van der Waals surface area (Å²) in [6, 6.07) is 12.6. The molecule has 28 heavy (non-hydrogen) atoms. The van der Waals surface area contributed by atoms with E-state index in [1.54, 1.807) is 0 Å². The van der Waals surface area contributed by atoms with Gasteiger partial charge in [0.25, 0.3) is 0 Å². The van der Waals surface area contributed by atoms with Crippen molar-refractivity contribution in [2.75, 3.05) is 36.0 Å². The van der Waals surface area contributed by atoms with Crippen LogP contribution in [0.4, 0.5) is 11.6 Å². The molecule has 3 aromatic rings. The normalized spacial score (nSPS) is 20.2. The monoisotopic (exact) mass is 373 g/mol. The van der Waals surface area contributed by atoms with Crippen LogP contribution >= 0.6 is 0 Å². The van der Waals surface area contributed by atoms with Crippen LogP contribution in [0.1, 0.15) is 31.9 Å². The largest absolute Gasteiger partial charge is 0.355 e. The van der Waals surface area contributed by atoms with Crippen molar-refractivity contribution in [2.45, 2.75) is 26.2 Å². The first-order valence-electron chi connectivity index (χ1n) is 10.4. The summed E-state index contributed by atoms with van der Waals surface area (Å²) in [5.74, 6) is 4.07. The van der Waals surface area contributed by atoms with Gasteiger partial charge in [0, 0.05) is 49.9 Å². The Labute approximate surface area is 166 Å². The molecule has 2 fully saturated rings. The van der Waals surface area contributed by atoms with E-state index in [0.717, 1.165) is 60.9 Å². The fourth-order valence-electron chi connectivity index (χ4n) is 4.47. The summed E-state index contributed by atoms with van der Waals surface area (Å²) < 4.78 is 0. The van der Waals surface area contributed by atoms with E-state index in [-0.39, 0.29) is 0 Å². The lowest BCUT2D eigenvalue weighted by atomic mass is 9.95. The minimum atomic E-state index is 0.426. The quantitative estimate of drug-likeness (QED) is 0.689. The van der Waals surface area contributed by atoms with Gasteiger partial charge < -0.3 is 9.80 Å². The fraction of sp³-hybridized carbons (Fsp3) is 0.435. The van der Waals surface area contributed by atoms with Gasteiger partial charge in [-0.3, -0.25) is 4.98 Å². The number of hydrogen-bond donors (Lipinski definition) is 0. The summed E-state index contributed by atoms with van der Waals surface area (Å²) in [4.78, 5) is 19.1. The first-order valence-corrected chi connectivity index (χ1v) is 10.4. The van der Waals surface area contributed by atoms with Crippen molar-refractivity contribution in [2.24, 2.45) is 11.8 Å². The predicted molar refractivity (Wildman–Crippen MR) is 114 cm³/mol. The van der Waals surface area contributed by atoms with Crippen molar-refractivity contribution in [1.29, 1.82) is 0 Å². The molecule has 0 bridgehead atoms. The van der Waals surface area contributed by atoms with Gasteiger partial charge in [-0.25, -0.2) is 9.97 Å². The highest BCUT2D eigenvalue weighted by molar-refractivity contribution is 5.80. The highest BCUT2D eigenvalue weighted by atomic mass is 15.3. The third-order valence-corrected chi connectivity index (χ3v) is 6.35. The van der Waals surface area contributed by atoms with E-state index in [0.29, 0.717) is 5.92 Å². The molecule has 2 aliphatic rings. The summed E-state index contributed by atoms with van der Waals surface area (Å²) >= 11 is 0. The third-order valence-electron chi connectivity index (χ3n) is 6.35. The van der Waals surface area contributed by atoms with Crippen molar-refractivity contribution >= 4 is 22.5 Å². The molecule has 5 heteroatoms. The lowest BCUT2D eigenvalue weighted by Crippen LogP contribution is -2.46. The summed E-state index contributed by atoms with van der Waals surface area (Å²) in [6.07, 6.45) is 4.93. The molecule has 0 amide bonds. The Morgan fingerprint density at radius 2 is 1.75 bits per heavy atom. The highest BCUT2D eigenvalue weighted by Crippen LogP contribution is 2.36. The summed E-state index contributed by atoms with van der Waals surface area (Å²) in [5, 5.41) is 1.19. The van der Waals surface area contributed by atoms with Crippen LogP contribution in [0.5, 0.6) is 0 Å². The number of hydrogen-bond acceptors (Lipinski definition) is 5. The molecule has 0 aliphatic carbocycles. The molecule has 2 saturated heterocycles. The smallest absolute Gasteiger partial charge is 0.150 e. The van der Waals surface area contributed by atoms with Crippen LogP contribution in [0.2, 0.25) is 0 Å². The lowest BCUT2D eigenvalue weighted by molar-refractivity contribution is 0.422. The molecule has 1 aromatic carbocycles. The zero-order chi connectivity index (χ0) is 19.1. The Kier molecular flexibility index (Phi) is 4.38. The van der Waals surface area contributed by atoms with E-state index >= 15 is 0 Å². The maximum absolute atomic E-state index is 4.83. The van der Waals surface area contributed by atoms with Crippen molar-refractivity contribution < 1.29 is 0 Å². The van der Waals surface area contributed by atoms with Crippen LogP contribution < -0.4 is 9.80 Å². The number of fused-ring (bicyclic) bond motifs is 1. The molecule has 2 aromatic heterocycles. The Hall–Kier alpha value is -2.69. The molecule has 0 spiro atoms. The molecule has 2 aliphatic heterocycles. The van der Waals surface area contributed by atoms with Gasteiger partial charge in [0.15, 0.2) is 5.82 Å². The van der Waals surface area contributed by atoms with Crippen molar-refractivity contribution in [3.8, 4) is 0 Å². The molecular formula is C23H27N5. The number of nitrogens with zero attached hydrogens (tertiary/aromatic N) is 5. The van der Waals surface area contributed by atoms with Gasteiger partial charge >= 0.3 is 0 Å². The Morgan fingerprint density at radius 1 is 0.929 bits per heavy atom. The van der Waals surface area contributed by atoms with Crippen LogP contribution in [-0.2, 0) is 0 Å². The Bertz CT molecular complexity index is 979. The van der Waals surface area contributed by atoms with Crippen LogP contribution in [0, 0.1) is 11.8 Å². The van der Waals surface area contributed by atoms with Crippen LogP contribution in [-0.4, -0.2) is 41.1 Å². The van der Waals surface area contributed by atoms with E-state index in [1.807, 2.05) is 18.5 Å². The molecule has 5 rings (SSSR count). The van der Waals surface area contributed by atoms with E-state index in [2.05, 4.69) is 54.0 Å². The zero-order valence-corrected chi connectivity index (χ0v) is 16.6.